The highest BCUT2D eigenvalue weighted by Gasteiger charge is 2.61. The summed E-state index contributed by atoms with van der Waals surface area (Å²) in [6.07, 6.45) is 3.02. The van der Waals surface area contributed by atoms with Crippen molar-refractivity contribution in [3.05, 3.63) is 54.6 Å². The third kappa shape index (κ3) is 2.65. The molecule has 142 valence electrons. The quantitative estimate of drug-likeness (QED) is 0.467. The fourth-order valence-corrected chi connectivity index (χ4v) is 5.32. The summed E-state index contributed by atoms with van der Waals surface area (Å²) in [4.78, 5) is 39.2. The standard InChI is InChI=1S/C23H21NO4/c25-19(28-18-9-5-4-8-17(18)14-6-2-1-3-7-14)13-24-22(26)20-15-10-11-16(12-15)21(20)23(24)27/h1-9,15-16,20-21H,10-13H2. The van der Waals surface area contributed by atoms with Gasteiger partial charge < -0.3 is 4.74 Å². The molecule has 1 heterocycles. The highest BCUT2D eigenvalue weighted by atomic mass is 16.5. The molecule has 5 rings (SSSR count). The van der Waals surface area contributed by atoms with Crippen LogP contribution in [0.15, 0.2) is 54.6 Å². The van der Waals surface area contributed by atoms with Crippen molar-refractivity contribution < 1.29 is 19.1 Å². The number of carbonyl (C=O) groups is 3. The number of rotatable bonds is 4. The van der Waals surface area contributed by atoms with Gasteiger partial charge in [0.25, 0.3) is 0 Å². The van der Waals surface area contributed by atoms with E-state index in [9.17, 15) is 14.4 Å². The molecule has 2 bridgehead atoms. The summed E-state index contributed by atoms with van der Waals surface area (Å²) in [5, 5.41) is 0. The molecule has 2 aromatic carbocycles. The molecule has 1 aliphatic heterocycles. The number of ether oxygens (including phenoxy) is 1. The minimum Gasteiger partial charge on any atom is -0.425 e. The lowest BCUT2D eigenvalue weighted by Crippen LogP contribution is -2.38. The summed E-state index contributed by atoms with van der Waals surface area (Å²) in [5.41, 5.74) is 1.73. The number of fused-ring (bicyclic) bond motifs is 5. The number of para-hydroxylation sites is 1. The van der Waals surface area contributed by atoms with Gasteiger partial charge in [-0.15, -0.1) is 0 Å². The number of amides is 2. The van der Waals surface area contributed by atoms with Gasteiger partial charge in [0.05, 0.1) is 11.8 Å². The molecule has 5 heteroatoms. The Kier molecular flexibility index (Phi) is 4.04. The lowest BCUT2D eigenvalue weighted by atomic mass is 9.81. The number of hydrogen-bond acceptors (Lipinski definition) is 4. The summed E-state index contributed by atoms with van der Waals surface area (Å²) in [5.74, 6) is -0.328. The first-order valence-electron chi connectivity index (χ1n) is 9.84. The Morgan fingerprint density at radius 1 is 0.893 bits per heavy atom. The molecule has 2 saturated carbocycles. The van der Waals surface area contributed by atoms with Gasteiger partial charge in [0.1, 0.15) is 12.3 Å². The van der Waals surface area contributed by atoms with Crippen LogP contribution in [0.4, 0.5) is 0 Å². The average molecular weight is 375 g/mol. The lowest BCUT2D eigenvalue weighted by Gasteiger charge is -2.19. The zero-order chi connectivity index (χ0) is 19.3. The monoisotopic (exact) mass is 375 g/mol. The number of hydrogen-bond donors (Lipinski definition) is 0. The largest absolute Gasteiger partial charge is 0.425 e. The van der Waals surface area contributed by atoms with E-state index < -0.39 is 5.97 Å². The maximum Gasteiger partial charge on any atom is 0.331 e. The molecule has 3 aliphatic rings. The molecule has 2 aromatic rings. The van der Waals surface area contributed by atoms with Crippen LogP contribution >= 0.6 is 0 Å². The molecule has 4 unspecified atom stereocenters. The Hall–Kier alpha value is -2.95. The number of nitrogens with zero attached hydrogens (tertiary/aromatic N) is 1. The first kappa shape index (κ1) is 17.2. The van der Waals surface area contributed by atoms with Gasteiger partial charge in [0.2, 0.25) is 11.8 Å². The van der Waals surface area contributed by atoms with Gasteiger partial charge >= 0.3 is 5.97 Å². The Labute approximate surface area is 163 Å². The highest BCUT2D eigenvalue weighted by molar-refractivity contribution is 6.08. The Morgan fingerprint density at radius 3 is 2.18 bits per heavy atom. The normalized spacial score (nSPS) is 27.9. The van der Waals surface area contributed by atoms with E-state index in [0.29, 0.717) is 17.6 Å². The molecular formula is C23H21NO4. The van der Waals surface area contributed by atoms with Crippen molar-refractivity contribution in [2.24, 2.45) is 23.7 Å². The van der Waals surface area contributed by atoms with Crippen LogP contribution in [0.25, 0.3) is 11.1 Å². The second-order valence-electron chi connectivity index (χ2n) is 7.98. The van der Waals surface area contributed by atoms with Crippen molar-refractivity contribution in [1.29, 1.82) is 0 Å². The number of benzene rings is 2. The molecule has 0 N–H and O–H groups in total. The molecule has 4 atom stereocenters. The summed E-state index contributed by atoms with van der Waals surface area (Å²) < 4.78 is 5.56. The predicted molar refractivity (Wildman–Crippen MR) is 102 cm³/mol. The van der Waals surface area contributed by atoms with E-state index in [4.69, 9.17) is 4.74 Å². The fraction of sp³-hybridized carbons (Fsp3) is 0.348. The molecular weight excluding hydrogens is 354 g/mol. The topological polar surface area (TPSA) is 63.7 Å². The first-order chi connectivity index (χ1) is 13.6. The van der Waals surface area contributed by atoms with Crippen molar-refractivity contribution in [3.8, 4) is 16.9 Å². The van der Waals surface area contributed by atoms with Gasteiger partial charge in [0, 0.05) is 5.56 Å². The van der Waals surface area contributed by atoms with Crippen molar-refractivity contribution in [2.45, 2.75) is 19.3 Å². The molecule has 0 spiro atoms. The van der Waals surface area contributed by atoms with Gasteiger partial charge in [-0.1, -0.05) is 48.5 Å². The van der Waals surface area contributed by atoms with Crippen molar-refractivity contribution in [2.75, 3.05) is 6.54 Å². The van der Waals surface area contributed by atoms with Crippen LogP contribution in [0.5, 0.6) is 5.75 Å². The lowest BCUT2D eigenvalue weighted by molar-refractivity contribution is -0.148. The Balaban J connectivity index is 1.33. The Bertz CT molecular complexity index is 926. The molecule has 0 aromatic heterocycles. The van der Waals surface area contributed by atoms with Crippen LogP contribution in [0.2, 0.25) is 0 Å². The van der Waals surface area contributed by atoms with E-state index in [1.165, 1.54) is 0 Å². The zero-order valence-corrected chi connectivity index (χ0v) is 15.4. The number of likely N-dealkylation sites (tertiary alicyclic amines) is 1. The molecule has 2 amide bonds. The summed E-state index contributed by atoms with van der Waals surface area (Å²) >= 11 is 0. The fourth-order valence-electron chi connectivity index (χ4n) is 5.32. The van der Waals surface area contributed by atoms with E-state index in [1.54, 1.807) is 12.1 Å². The smallest absolute Gasteiger partial charge is 0.331 e. The van der Waals surface area contributed by atoms with Gasteiger partial charge in [-0.05, 0) is 42.7 Å². The maximum atomic E-state index is 12.8. The number of esters is 1. The Morgan fingerprint density at radius 2 is 1.50 bits per heavy atom. The minimum absolute atomic E-state index is 0.185. The van der Waals surface area contributed by atoms with Crippen LogP contribution in [0.3, 0.4) is 0 Å². The van der Waals surface area contributed by atoms with E-state index in [-0.39, 0.29) is 30.2 Å². The second kappa shape index (κ2) is 6.59. The average Bonchev–Trinajstić information content (AvgIpc) is 3.39. The van der Waals surface area contributed by atoms with Crippen molar-refractivity contribution in [1.82, 2.24) is 4.90 Å². The molecule has 5 nitrogen and oxygen atoms in total. The van der Waals surface area contributed by atoms with Crippen LogP contribution < -0.4 is 4.74 Å². The molecule has 3 fully saturated rings. The third-order valence-corrected chi connectivity index (χ3v) is 6.50. The molecule has 1 saturated heterocycles. The van der Waals surface area contributed by atoms with Crippen molar-refractivity contribution >= 4 is 17.8 Å². The molecule has 2 aliphatic carbocycles. The van der Waals surface area contributed by atoms with Crippen LogP contribution in [-0.4, -0.2) is 29.2 Å². The summed E-state index contributed by atoms with van der Waals surface area (Å²) in [6, 6.07) is 16.9. The predicted octanol–water partition coefficient (Wildman–Crippen LogP) is 3.29. The van der Waals surface area contributed by atoms with Crippen LogP contribution in [0, 0.1) is 23.7 Å². The van der Waals surface area contributed by atoms with Gasteiger partial charge in [-0.2, -0.15) is 0 Å². The molecule has 28 heavy (non-hydrogen) atoms. The first-order valence-corrected chi connectivity index (χ1v) is 9.84. The molecule has 0 radical (unpaired) electrons. The van der Waals surface area contributed by atoms with Gasteiger partial charge in [-0.3, -0.25) is 14.5 Å². The second-order valence-corrected chi connectivity index (χ2v) is 7.98. The number of imide groups is 1. The zero-order valence-electron chi connectivity index (χ0n) is 15.4. The highest BCUT2D eigenvalue weighted by Crippen LogP contribution is 2.56. The van der Waals surface area contributed by atoms with E-state index in [0.717, 1.165) is 35.3 Å². The maximum absolute atomic E-state index is 12.8. The summed E-state index contributed by atoms with van der Waals surface area (Å²) in [6.45, 7) is -0.312. The van der Waals surface area contributed by atoms with Crippen LogP contribution in [-0.2, 0) is 14.4 Å². The van der Waals surface area contributed by atoms with Crippen LogP contribution in [0.1, 0.15) is 19.3 Å². The third-order valence-electron chi connectivity index (χ3n) is 6.50. The van der Waals surface area contributed by atoms with E-state index >= 15 is 0 Å². The minimum atomic E-state index is -0.586. The SMILES string of the molecule is O=C(CN1C(=O)C2C3CCC(C3)C2C1=O)Oc1ccccc1-c1ccccc1. The summed E-state index contributed by atoms with van der Waals surface area (Å²) in [7, 11) is 0. The van der Waals surface area contributed by atoms with E-state index in [2.05, 4.69) is 0 Å². The number of carbonyl (C=O) groups excluding carboxylic acids is 3. The van der Waals surface area contributed by atoms with Crippen molar-refractivity contribution in [3.63, 3.8) is 0 Å². The van der Waals surface area contributed by atoms with E-state index in [1.807, 2.05) is 42.5 Å². The van der Waals surface area contributed by atoms with Gasteiger partial charge in [0.15, 0.2) is 0 Å². The van der Waals surface area contributed by atoms with Gasteiger partial charge in [-0.25, -0.2) is 4.79 Å².